The van der Waals surface area contributed by atoms with E-state index in [2.05, 4.69) is 20.3 Å². The highest BCUT2D eigenvalue weighted by Crippen LogP contribution is 2.33. The molecule has 0 spiro atoms. The summed E-state index contributed by atoms with van der Waals surface area (Å²) in [6, 6.07) is 3.63. The molecule has 4 aromatic rings. The molecule has 0 saturated carbocycles. The van der Waals surface area contributed by atoms with E-state index in [0.717, 1.165) is 40.8 Å². The second-order valence-electron chi connectivity index (χ2n) is 7.83. The largest absolute Gasteiger partial charge is 0.350 e. The Kier molecular flexibility index (Phi) is 6.21. The van der Waals surface area contributed by atoms with Gasteiger partial charge in [-0.05, 0) is 43.4 Å². The molecule has 0 atom stereocenters. The number of hydrogen-bond donors (Lipinski definition) is 2. The van der Waals surface area contributed by atoms with Crippen molar-refractivity contribution in [3.8, 4) is 0 Å². The molecule has 0 aromatic carbocycles. The summed E-state index contributed by atoms with van der Waals surface area (Å²) in [5.41, 5.74) is 2.74. The third-order valence-corrected chi connectivity index (χ3v) is 7.90. The third kappa shape index (κ3) is 4.55. The van der Waals surface area contributed by atoms with Gasteiger partial charge < -0.3 is 14.7 Å². The maximum absolute atomic E-state index is 12.6. The van der Waals surface area contributed by atoms with E-state index in [1.165, 1.54) is 16.9 Å². The number of aromatic amines is 1. The lowest BCUT2D eigenvalue weighted by molar-refractivity contribution is -0.120. The standard InChI is InChI=1S/C22H22ClN5O2S2/c23-13-5-6-18-25-14(11-28(18)10-13)9-24-19(29)7-8-31-12-17-26-21(30)20-15-3-1-2-4-16(15)32-22(20)27-17/h5-6,10-11H,1-4,7-9,12H2,(H,24,29)(H,26,27,30). The normalized spacial score (nSPS) is 13.5. The second-order valence-corrected chi connectivity index (χ2v) is 10.5. The molecule has 5 rings (SSSR count). The van der Waals surface area contributed by atoms with Gasteiger partial charge in [0.1, 0.15) is 16.3 Å². The Bertz CT molecular complexity index is 1360. The number of nitrogens with zero attached hydrogens (tertiary/aromatic N) is 3. The number of imidazole rings is 1. The Labute approximate surface area is 197 Å². The summed E-state index contributed by atoms with van der Waals surface area (Å²) in [6.45, 7) is 0.372. The van der Waals surface area contributed by atoms with Crippen molar-refractivity contribution in [2.24, 2.45) is 0 Å². The van der Waals surface area contributed by atoms with Crippen molar-refractivity contribution in [3.05, 3.63) is 61.9 Å². The molecule has 10 heteroatoms. The van der Waals surface area contributed by atoms with E-state index in [-0.39, 0.29) is 11.5 Å². The number of H-pyrrole nitrogens is 1. The minimum Gasteiger partial charge on any atom is -0.350 e. The van der Waals surface area contributed by atoms with Gasteiger partial charge in [0.25, 0.3) is 5.56 Å². The van der Waals surface area contributed by atoms with Crippen LogP contribution in [0.2, 0.25) is 5.02 Å². The fourth-order valence-corrected chi connectivity index (χ4v) is 6.24. The molecule has 2 N–H and O–H groups in total. The van der Waals surface area contributed by atoms with E-state index >= 15 is 0 Å². The van der Waals surface area contributed by atoms with E-state index in [1.54, 1.807) is 35.4 Å². The van der Waals surface area contributed by atoms with E-state index in [9.17, 15) is 9.59 Å². The van der Waals surface area contributed by atoms with Crippen molar-refractivity contribution in [1.29, 1.82) is 0 Å². The maximum atomic E-state index is 12.6. The quantitative estimate of drug-likeness (QED) is 0.383. The highest BCUT2D eigenvalue weighted by molar-refractivity contribution is 7.98. The Balaban J connectivity index is 1.12. The van der Waals surface area contributed by atoms with Crippen LogP contribution in [-0.2, 0) is 29.9 Å². The number of aromatic nitrogens is 4. The van der Waals surface area contributed by atoms with Crippen LogP contribution in [0.25, 0.3) is 15.9 Å². The molecular formula is C22H22ClN5O2S2. The molecular weight excluding hydrogens is 466 g/mol. The lowest BCUT2D eigenvalue weighted by atomic mass is 9.97. The van der Waals surface area contributed by atoms with E-state index in [4.69, 9.17) is 11.6 Å². The molecule has 1 aliphatic rings. The van der Waals surface area contributed by atoms with Crippen LogP contribution in [0.4, 0.5) is 0 Å². The summed E-state index contributed by atoms with van der Waals surface area (Å²) in [4.78, 5) is 39.0. The molecule has 4 heterocycles. The van der Waals surface area contributed by atoms with Crippen molar-refractivity contribution in [2.75, 3.05) is 5.75 Å². The lowest BCUT2D eigenvalue weighted by Crippen LogP contribution is -2.23. The van der Waals surface area contributed by atoms with Crippen LogP contribution >= 0.6 is 34.7 Å². The number of hydrogen-bond acceptors (Lipinski definition) is 6. The number of aryl methyl sites for hydroxylation is 2. The topological polar surface area (TPSA) is 92.1 Å². The van der Waals surface area contributed by atoms with Gasteiger partial charge in [-0.25, -0.2) is 9.97 Å². The fraction of sp³-hybridized carbons (Fsp3) is 0.364. The highest BCUT2D eigenvalue weighted by Gasteiger charge is 2.19. The minimum absolute atomic E-state index is 0.0310. The van der Waals surface area contributed by atoms with Gasteiger partial charge in [-0.2, -0.15) is 11.8 Å². The molecule has 1 amide bonds. The zero-order valence-electron chi connectivity index (χ0n) is 17.3. The van der Waals surface area contributed by atoms with E-state index in [1.807, 2.05) is 16.7 Å². The number of carbonyl (C=O) groups excluding carboxylic acids is 1. The molecule has 7 nitrogen and oxygen atoms in total. The molecule has 0 fully saturated rings. The average molecular weight is 488 g/mol. The van der Waals surface area contributed by atoms with Gasteiger partial charge in [0.2, 0.25) is 5.91 Å². The maximum Gasteiger partial charge on any atom is 0.259 e. The van der Waals surface area contributed by atoms with Crippen molar-refractivity contribution in [3.63, 3.8) is 0 Å². The molecule has 4 aromatic heterocycles. The number of carbonyl (C=O) groups is 1. The van der Waals surface area contributed by atoms with Gasteiger partial charge in [0, 0.05) is 29.4 Å². The van der Waals surface area contributed by atoms with Gasteiger partial charge in [0.05, 0.1) is 28.4 Å². The first-order valence-corrected chi connectivity index (χ1v) is 12.9. The van der Waals surface area contributed by atoms with E-state index < -0.39 is 0 Å². The molecule has 0 saturated heterocycles. The summed E-state index contributed by atoms with van der Waals surface area (Å²) in [5, 5.41) is 4.32. The Hall–Kier alpha value is -2.36. The smallest absolute Gasteiger partial charge is 0.259 e. The molecule has 0 bridgehead atoms. The molecule has 0 aliphatic heterocycles. The van der Waals surface area contributed by atoms with Crippen LogP contribution in [0.3, 0.4) is 0 Å². The number of rotatable bonds is 7. The number of pyridine rings is 1. The first kappa shape index (κ1) is 21.5. The molecule has 166 valence electrons. The number of fused-ring (bicyclic) bond motifs is 4. The van der Waals surface area contributed by atoms with Crippen molar-refractivity contribution < 1.29 is 4.79 Å². The number of thiophene rings is 1. The summed E-state index contributed by atoms with van der Waals surface area (Å²) in [5.74, 6) is 1.87. The number of thioether (sulfide) groups is 1. The summed E-state index contributed by atoms with van der Waals surface area (Å²) in [6.07, 6.45) is 8.40. The molecule has 0 unspecified atom stereocenters. The van der Waals surface area contributed by atoms with Crippen LogP contribution < -0.4 is 10.9 Å². The predicted molar refractivity (Wildman–Crippen MR) is 130 cm³/mol. The van der Waals surface area contributed by atoms with Crippen molar-refractivity contribution in [1.82, 2.24) is 24.7 Å². The minimum atomic E-state index is -0.0320. The number of nitrogens with one attached hydrogen (secondary N) is 2. The number of amides is 1. The zero-order chi connectivity index (χ0) is 22.1. The molecule has 0 radical (unpaired) electrons. The van der Waals surface area contributed by atoms with Gasteiger partial charge in [0.15, 0.2) is 0 Å². The fourth-order valence-electron chi connectivity index (χ4n) is 3.99. The summed E-state index contributed by atoms with van der Waals surface area (Å²) in [7, 11) is 0. The van der Waals surface area contributed by atoms with Crippen molar-refractivity contribution >= 4 is 56.5 Å². The second kappa shape index (κ2) is 9.25. The van der Waals surface area contributed by atoms with Crippen LogP contribution in [0.5, 0.6) is 0 Å². The van der Waals surface area contributed by atoms with Crippen LogP contribution in [-0.4, -0.2) is 31.0 Å². The first-order valence-electron chi connectivity index (χ1n) is 10.6. The Morgan fingerprint density at radius 3 is 3.03 bits per heavy atom. The Morgan fingerprint density at radius 1 is 1.25 bits per heavy atom. The van der Waals surface area contributed by atoms with Gasteiger partial charge in [-0.1, -0.05) is 11.6 Å². The summed E-state index contributed by atoms with van der Waals surface area (Å²) < 4.78 is 1.84. The van der Waals surface area contributed by atoms with Gasteiger partial charge >= 0.3 is 0 Å². The van der Waals surface area contributed by atoms with Crippen molar-refractivity contribution in [2.45, 2.75) is 44.4 Å². The predicted octanol–water partition coefficient (Wildman–Crippen LogP) is 4.10. The zero-order valence-corrected chi connectivity index (χ0v) is 19.7. The van der Waals surface area contributed by atoms with Crippen LogP contribution in [0.15, 0.2) is 29.3 Å². The lowest BCUT2D eigenvalue weighted by Gasteiger charge is -2.09. The number of halogens is 1. The van der Waals surface area contributed by atoms with Crippen LogP contribution in [0.1, 0.15) is 41.2 Å². The first-order chi connectivity index (χ1) is 15.6. The highest BCUT2D eigenvalue weighted by atomic mass is 35.5. The molecule has 32 heavy (non-hydrogen) atoms. The van der Waals surface area contributed by atoms with Gasteiger partial charge in [-0.15, -0.1) is 11.3 Å². The van der Waals surface area contributed by atoms with Crippen LogP contribution in [0, 0.1) is 0 Å². The monoisotopic (exact) mass is 487 g/mol. The molecule has 1 aliphatic carbocycles. The average Bonchev–Trinajstić information content (AvgIpc) is 3.35. The van der Waals surface area contributed by atoms with Gasteiger partial charge in [-0.3, -0.25) is 9.59 Å². The Morgan fingerprint density at radius 2 is 2.12 bits per heavy atom. The third-order valence-electron chi connectivity index (χ3n) is 5.52. The SMILES string of the molecule is O=C(CCSCc1nc2sc3c(c2c(=O)[nH]1)CCCC3)NCc1cn2cc(Cl)ccc2n1. The summed E-state index contributed by atoms with van der Waals surface area (Å²) >= 11 is 9.24. The van der Waals surface area contributed by atoms with E-state index in [0.29, 0.717) is 35.3 Å².